The number of aliphatic hydroxyl groups excluding tert-OH is 1. The Labute approximate surface area is 133 Å². The number of aromatic nitrogens is 2. The molecule has 0 bridgehead atoms. The van der Waals surface area contributed by atoms with Gasteiger partial charge in [-0.3, -0.25) is 4.79 Å². The van der Waals surface area contributed by atoms with Crippen LogP contribution in [-0.2, 0) is 6.18 Å². The number of aliphatic hydroxyl groups is 1. The van der Waals surface area contributed by atoms with Crippen molar-refractivity contribution in [1.82, 2.24) is 9.97 Å². The fourth-order valence-electron chi connectivity index (χ4n) is 2.20. The summed E-state index contributed by atoms with van der Waals surface area (Å²) in [5.74, 6) is -0.167. The summed E-state index contributed by atoms with van der Waals surface area (Å²) >= 11 is 0. The van der Waals surface area contributed by atoms with E-state index >= 15 is 0 Å². The maximum absolute atomic E-state index is 12.7. The van der Waals surface area contributed by atoms with E-state index in [0.29, 0.717) is 5.56 Å². The maximum Gasteiger partial charge on any atom is 0.416 e. The number of halogens is 3. The number of nitrogens with zero attached hydrogens (tertiary/aromatic N) is 1. The highest BCUT2D eigenvalue weighted by Gasteiger charge is 2.30. The maximum atomic E-state index is 12.7. The number of aromatic amines is 1. The quantitative estimate of drug-likeness (QED) is 0.697. The van der Waals surface area contributed by atoms with Gasteiger partial charge in [-0.2, -0.15) is 13.2 Å². The highest BCUT2D eigenvalue weighted by Crippen LogP contribution is 2.30. The van der Waals surface area contributed by atoms with Gasteiger partial charge in [-0.25, -0.2) is 4.98 Å². The van der Waals surface area contributed by atoms with Gasteiger partial charge in [-0.1, -0.05) is 30.3 Å². The van der Waals surface area contributed by atoms with E-state index < -0.39 is 17.3 Å². The van der Waals surface area contributed by atoms with E-state index in [1.807, 2.05) is 0 Å². The number of alkyl halides is 3. The zero-order chi connectivity index (χ0) is 17.3. The van der Waals surface area contributed by atoms with E-state index in [-0.39, 0.29) is 22.5 Å². The average Bonchev–Trinajstić information content (AvgIpc) is 2.55. The summed E-state index contributed by atoms with van der Waals surface area (Å²) in [6, 6.07) is 11.4. The molecular weight excluding hydrogens is 321 g/mol. The Morgan fingerprint density at radius 2 is 1.83 bits per heavy atom. The van der Waals surface area contributed by atoms with Crippen LogP contribution >= 0.6 is 0 Å². The first kappa shape index (κ1) is 15.8. The van der Waals surface area contributed by atoms with Gasteiger partial charge in [0.1, 0.15) is 11.5 Å². The van der Waals surface area contributed by atoms with Gasteiger partial charge < -0.3 is 10.1 Å². The van der Waals surface area contributed by atoms with Crippen LogP contribution in [0.2, 0.25) is 0 Å². The SMILES string of the molecule is O=c1[nH]c2cc(C(F)(F)F)ccc2nc1/C=C(\O)c1ccccc1. The molecule has 1 heterocycles. The third kappa shape index (κ3) is 3.15. The number of benzene rings is 2. The van der Waals surface area contributed by atoms with Gasteiger partial charge >= 0.3 is 6.18 Å². The third-order valence-electron chi connectivity index (χ3n) is 3.39. The minimum absolute atomic E-state index is 0.0221. The van der Waals surface area contributed by atoms with Crippen LogP contribution < -0.4 is 5.56 Å². The van der Waals surface area contributed by atoms with Crippen LogP contribution in [0.5, 0.6) is 0 Å². The molecule has 2 aromatic carbocycles. The molecule has 122 valence electrons. The lowest BCUT2D eigenvalue weighted by Crippen LogP contribution is -2.13. The lowest BCUT2D eigenvalue weighted by molar-refractivity contribution is -0.137. The summed E-state index contributed by atoms with van der Waals surface area (Å²) in [4.78, 5) is 18.4. The Balaban J connectivity index is 2.08. The van der Waals surface area contributed by atoms with E-state index in [9.17, 15) is 23.1 Å². The molecular formula is C17H11F3N2O2. The standard InChI is InChI=1S/C17H11F3N2O2/c18-17(19,20)11-6-7-12-13(8-11)22-16(24)14(21-12)9-15(23)10-4-2-1-3-5-10/h1-9,23H,(H,22,24)/b15-9-. The predicted octanol–water partition coefficient (Wildman–Crippen LogP) is 4.00. The molecule has 0 aliphatic carbocycles. The van der Waals surface area contributed by atoms with Crippen molar-refractivity contribution in [1.29, 1.82) is 0 Å². The second-order valence-corrected chi connectivity index (χ2v) is 5.08. The molecule has 7 heteroatoms. The van der Waals surface area contributed by atoms with Crippen molar-refractivity contribution in [3.05, 3.63) is 75.7 Å². The predicted molar refractivity (Wildman–Crippen MR) is 84.3 cm³/mol. The normalized spacial score (nSPS) is 12.5. The summed E-state index contributed by atoms with van der Waals surface area (Å²) in [6.07, 6.45) is -3.33. The van der Waals surface area contributed by atoms with E-state index in [4.69, 9.17) is 0 Å². The lowest BCUT2D eigenvalue weighted by Gasteiger charge is -2.07. The molecule has 0 spiro atoms. The Hall–Kier alpha value is -3.09. The van der Waals surface area contributed by atoms with Crippen LogP contribution in [0, 0.1) is 0 Å². The van der Waals surface area contributed by atoms with Gasteiger partial charge in [0, 0.05) is 11.6 Å². The molecule has 3 aromatic rings. The molecule has 0 amide bonds. The largest absolute Gasteiger partial charge is 0.507 e. The van der Waals surface area contributed by atoms with Gasteiger partial charge in [0.15, 0.2) is 0 Å². The minimum atomic E-state index is -4.50. The number of rotatable bonds is 2. The molecule has 0 saturated heterocycles. The van der Waals surface area contributed by atoms with E-state index in [1.54, 1.807) is 30.3 Å². The topological polar surface area (TPSA) is 66.0 Å². The van der Waals surface area contributed by atoms with Crippen molar-refractivity contribution in [3.63, 3.8) is 0 Å². The minimum Gasteiger partial charge on any atom is -0.507 e. The lowest BCUT2D eigenvalue weighted by atomic mass is 10.1. The fraction of sp³-hybridized carbons (Fsp3) is 0.0588. The Bertz CT molecular complexity index is 977. The second kappa shape index (κ2) is 5.84. The monoisotopic (exact) mass is 332 g/mol. The molecule has 0 radical (unpaired) electrons. The van der Waals surface area contributed by atoms with Crippen molar-refractivity contribution in [2.45, 2.75) is 6.18 Å². The Morgan fingerprint density at radius 3 is 2.50 bits per heavy atom. The zero-order valence-corrected chi connectivity index (χ0v) is 12.1. The molecule has 2 N–H and O–H groups in total. The third-order valence-corrected chi connectivity index (χ3v) is 3.39. The van der Waals surface area contributed by atoms with Gasteiger partial charge in [0.25, 0.3) is 5.56 Å². The fourth-order valence-corrected chi connectivity index (χ4v) is 2.20. The van der Waals surface area contributed by atoms with Gasteiger partial charge in [0.05, 0.1) is 16.6 Å². The number of hydrogen-bond donors (Lipinski definition) is 2. The van der Waals surface area contributed by atoms with Crippen LogP contribution in [0.25, 0.3) is 22.9 Å². The van der Waals surface area contributed by atoms with Crippen LogP contribution in [0.1, 0.15) is 16.8 Å². The van der Waals surface area contributed by atoms with Crippen LogP contribution in [0.3, 0.4) is 0 Å². The highest BCUT2D eigenvalue weighted by molar-refractivity contribution is 5.79. The average molecular weight is 332 g/mol. The number of H-pyrrole nitrogens is 1. The molecule has 3 rings (SSSR count). The van der Waals surface area contributed by atoms with Crippen molar-refractivity contribution in [2.24, 2.45) is 0 Å². The summed E-state index contributed by atoms with van der Waals surface area (Å²) in [5.41, 5.74) is -0.997. The molecule has 1 aromatic heterocycles. The molecule has 24 heavy (non-hydrogen) atoms. The molecule has 0 fully saturated rings. The number of nitrogens with one attached hydrogen (secondary N) is 1. The van der Waals surface area contributed by atoms with Crippen molar-refractivity contribution >= 4 is 22.9 Å². The molecule has 0 atom stereocenters. The van der Waals surface area contributed by atoms with Crippen LogP contribution in [-0.4, -0.2) is 15.1 Å². The van der Waals surface area contributed by atoms with Crippen LogP contribution in [0.15, 0.2) is 53.3 Å². The number of fused-ring (bicyclic) bond motifs is 1. The molecule has 0 saturated carbocycles. The van der Waals surface area contributed by atoms with Crippen molar-refractivity contribution < 1.29 is 18.3 Å². The Morgan fingerprint density at radius 1 is 1.12 bits per heavy atom. The van der Waals surface area contributed by atoms with Crippen molar-refractivity contribution in [2.75, 3.05) is 0 Å². The first-order chi connectivity index (χ1) is 11.3. The van der Waals surface area contributed by atoms with E-state index in [0.717, 1.165) is 12.1 Å². The number of hydrogen-bond acceptors (Lipinski definition) is 3. The Kier molecular flexibility index (Phi) is 3.84. The molecule has 0 aliphatic heterocycles. The first-order valence-corrected chi connectivity index (χ1v) is 6.92. The van der Waals surface area contributed by atoms with E-state index in [2.05, 4.69) is 9.97 Å². The highest BCUT2D eigenvalue weighted by atomic mass is 19.4. The van der Waals surface area contributed by atoms with Gasteiger partial charge in [0.2, 0.25) is 0 Å². The summed E-state index contributed by atoms with van der Waals surface area (Å²) in [7, 11) is 0. The van der Waals surface area contributed by atoms with Crippen LogP contribution in [0.4, 0.5) is 13.2 Å². The van der Waals surface area contributed by atoms with Gasteiger partial charge in [-0.15, -0.1) is 0 Å². The summed E-state index contributed by atoms with van der Waals surface area (Å²) in [5, 5.41) is 10.0. The smallest absolute Gasteiger partial charge is 0.416 e. The zero-order valence-electron chi connectivity index (χ0n) is 12.1. The van der Waals surface area contributed by atoms with Gasteiger partial charge in [-0.05, 0) is 18.2 Å². The summed E-state index contributed by atoms with van der Waals surface area (Å²) < 4.78 is 38.1. The molecule has 0 aliphatic rings. The van der Waals surface area contributed by atoms with Crippen molar-refractivity contribution in [3.8, 4) is 0 Å². The molecule has 4 nitrogen and oxygen atoms in total. The summed E-state index contributed by atoms with van der Waals surface area (Å²) in [6.45, 7) is 0. The first-order valence-electron chi connectivity index (χ1n) is 6.92. The molecule has 0 unspecified atom stereocenters. The van der Waals surface area contributed by atoms with E-state index in [1.165, 1.54) is 12.1 Å². The second-order valence-electron chi connectivity index (χ2n) is 5.08.